The van der Waals surface area contributed by atoms with Gasteiger partial charge in [-0.15, -0.1) is 24.0 Å². The number of rotatable bonds is 8. The Kier molecular flexibility index (Phi) is 10.3. The first-order valence-corrected chi connectivity index (χ1v) is 8.30. The molecule has 0 aliphatic heterocycles. The van der Waals surface area contributed by atoms with E-state index in [9.17, 15) is 17.6 Å². The molecule has 2 aromatic rings. The number of halogens is 5. The topological polar surface area (TPSA) is 58.8 Å². The highest BCUT2D eigenvalue weighted by Gasteiger charge is 2.33. The molecule has 1 aromatic heterocycles. The van der Waals surface area contributed by atoms with Crippen LogP contribution in [0.3, 0.4) is 0 Å². The number of furan rings is 1. The fourth-order valence-corrected chi connectivity index (χ4v) is 2.31. The predicted octanol–water partition coefficient (Wildman–Crippen LogP) is 4.33. The number of hydrogen-bond donors (Lipinski definition) is 2. The van der Waals surface area contributed by atoms with Crippen molar-refractivity contribution in [2.24, 2.45) is 4.99 Å². The normalized spacial score (nSPS) is 11.8. The summed E-state index contributed by atoms with van der Waals surface area (Å²) in [6.07, 6.45) is -2.38. The third-order valence-electron chi connectivity index (χ3n) is 3.63. The average molecular weight is 515 g/mol. The zero-order valence-corrected chi connectivity index (χ0v) is 17.5. The largest absolute Gasteiger partial charge is 0.467 e. The second-order valence-corrected chi connectivity index (χ2v) is 5.64. The maximum absolute atomic E-state index is 13.1. The van der Waals surface area contributed by atoms with E-state index in [0.29, 0.717) is 38.2 Å². The van der Waals surface area contributed by atoms with E-state index in [2.05, 4.69) is 15.6 Å². The molecule has 156 valence electrons. The van der Waals surface area contributed by atoms with Gasteiger partial charge >= 0.3 is 6.18 Å². The van der Waals surface area contributed by atoms with Crippen molar-refractivity contribution in [3.63, 3.8) is 0 Å². The van der Waals surface area contributed by atoms with Gasteiger partial charge in [-0.25, -0.2) is 4.39 Å². The second kappa shape index (κ2) is 11.9. The molecule has 0 unspecified atom stereocenters. The Hall–Kier alpha value is -1.82. The first kappa shape index (κ1) is 24.2. The Bertz CT molecular complexity index is 737. The average Bonchev–Trinajstić information content (AvgIpc) is 3.14. The molecule has 0 aliphatic carbocycles. The lowest BCUT2D eigenvalue weighted by atomic mass is 10.1. The van der Waals surface area contributed by atoms with Crippen molar-refractivity contribution < 1.29 is 26.7 Å². The lowest BCUT2D eigenvalue weighted by molar-refractivity contribution is -0.138. The van der Waals surface area contributed by atoms with Gasteiger partial charge in [-0.2, -0.15) is 13.2 Å². The lowest BCUT2D eigenvalue weighted by Crippen LogP contribution is -2.38. The summed E-state index contributed by atoms with van der Waals surface area (Å²) in [6.45, 7) is 1.25. The first-order chi connectivity index (χ1) is 12.9. The van der Waals surface area contributed by atoms with Gasteiger partial charge in [0.05, 0.1) is 11.8 Å². The predicted molar refractivity (Wildman–Crippen MR) is 108 cm³/mol. The summed E-state index contributed by atoms with van der Waals surface area (Å²) in [7, 11) is 1.51. The van der Waals surface area contributed by atoms with E-state index < -0.39 is 17.6 Å². The Balaban J connectivity index is 0.00000392. The Morgan fingerprint density at radius 2 is 2.00 bits per heavy atom. The minimum absolute atomic E-state index is 0. The quantitative estimate of drug-likeness (QED) is 0.181. The number of ether oxygens (including phenoxy) is 1. The van der Waals surface area contributed by atoms with Crippen molar-refractivity contribution in [1.29, 1.82) is 0 Å². The van der Waals surface area contributed by atoms with Crippen LogP contribution in [-0.4, -0.2) is 26.2 Å². The van der Waals surface area contributed by atoms with Gasteiger partial charge in [-0.3, -0.25) is 4.99 Å². The van der Waals surface area contributed by atoms with Gasteiger partial charge in [0.1, 0.15) is 18.2 Å². The molecule has 10 heteroatoms. The Morgan fingerprint density at radius 1 is 1.21 bits per heavy atom. The molecule has 0 atom stereocenters. The van der Waals surface area contributed by atoms with Crippen LogP contribution in [0.5, 0.6) is 0 Å². The second-order valence-electron chi connectivity index (χ2n) is 5.64. The maximum atomic E-state index is 13.1. The zero-order valence-electron chi connectivity index (χ0n) is 15.2. The maximum Gasteiger partial charge on any atom is 0.416 e. The lowest BCUT2D eigenvalue weighted by Gasteiger charge is -2.16. The summed E-state index contributed by atoms with van der Waals surface area (Å²) < 4.78 is 62.7. The van der Waals surface area contributed by atoms with Gasteiger partial charge in [0, 0.05) is 26.7 Å². The summed E-state index contributed by atoms with van der Waals surface area (Å²) in [5.41, 5.74) is -1.06. The van der Waals surface area contributed by atoms with Crippen LogP contribution in [0.1, 0.15) is 23.3 Å². The van der Waals surface area contributed by atoms with Crippen LogP contribution in [0, 0.1) is 5.82 Å². The van der Waals surface area contributed by atoms with E-state index in [1.165, 1.54) is 7.05 Å². The van der Waals surface area contributed by atoms with Gasteiger partial charge in [-0.1, -0.05) is 6.07 Å². The molecule has 0 bridgehead atoms. The number of guanidine groups is 1. The van der Waals surface area contributed by atoms with Crippen molar-refractivity contribution in [2.75, 3.05) is 20.2 Å². The van der Waals surface area contributed by atoms with E-state index in [1.54, 1.807) is 12.3 Å². The summed E-state index contributed by atoms with van der Waals surface area (Å²) in [4.78, 5) is 3.95. The fraction of sp³-hybridized carbons (Fsp3) is 0.389. The van der Waals surface area contributed by atoms with Crippen LogP contribution in [0.2, 0.25) is 0 Å². The van der Waals surface area contributed by atoms with Gasteiger partial charge in [-0.05, 0) is 36.2 Å². The Labute approximate surface area is 177 Å². The molecule has 1 aromatic carbocycles. The molecule has 2 N–H and O–H groups in total. The highest BCUT2D eigenvalue weighted by Crippen LogP contribution is 2.32. The molecular weight excluding hydrogens is 493 g/mol. The van der Waals surface area contributed by atoms with Crippen molar-refractivity contribution in [3.8, 4) is 0 Å². The highest BCUT2D eigenvalue weighted by molar-refractivity contribution is 14.0. The van der Waals surface area contributed by atoms with Crippen LogP contribution >= 0.6 is 24.0 Å². The molecule has 28 heavy (non-hydrogen) atoms. The summed E-state index contributed by atoms with van der Waals surface area (Å²) in [5.74, 6) is 0.154. The van der Waals surface area contributed by atoms with Crippen molar-refractivity contribution in [1.82, 2.24) is 10.6 Å². The van der Waals surface area contributed by atoms with Crippen LogP contribution in [0.15, 0.2) is 46.0 Å². The third kappa shape index (κ3) is 8.05. The molecule has 0 spiro atoms. The zero-order chi connectivity index (χ0) is 19.7. The molecular formula is C18H22F4IN3O2. The molecule has 0 saturated carbocycles. The van der Waals surface area contributed by atoms with Gasteiger partial charge in [0.15, 0.2) is 5.96 Å². The molecule has 0 radical (unpaired) electrons. The van der Waals surface area contributed by atoms with Crippen molar-refractivity contribution in [3.05, 3.63) is 59.3 Å². The minimum Gasteiger partial charge on any atom is -0.467 e. The number of aliphatic imine (C=N–C) groups is 1. The molecule has 0 saturated heterocycles. The fourth-order valence-electron chi connectivity index (χ4n) is 2.31. The highest BCUT2D eigenvalue weighted by atomic mass is 127. The van der Waals surface area contributed by atoms with E-state index in [4.69, 9.17) is 9.15 Å². The van der Waals surface area contributed by atoms with Gasteiger partial charge < -0.3 is 19.8 Å². The molecule has 5 nitrogen and oxygen atoms in total. The van der Waals surface area contributed by atoms with Gasteiger partial charge in [0.2, 0.25) is 0 Å². The third-order valence-corrected chi connectivity index (χ3v) is 3.63. The summed E-state index contributed by atoms with van der Waals surface area (Å²) >= 11 is 0. The van der Waals surface area contributed by atoms with Crippen LogP contribution in [0.25, 0.3) is 0 Å². The van der Waals surface area contributed by atoms with Crippen LogP contribution in [-0.2, 0) is 24.1 Å². The van der Waals surface area contributed by atoms with E-state index >= 15 is 0 Å². The van der Waals surface area contributed by atoms with Gasteiger partial charge in [0.25, 0.3) is 0 Å². The molecule has 0 amide bonds. The molecule has 1 heterocycles. The molecule has 2 rings (SSSR count). The number of hydrogen-bond acceptors (Lipinski definition) is 3. The van der Waals surface area contributed by atoms with E-state index in [-0.39, 0.29) is 36.1 Å². The van der Waals surface area contributed by atoms with E-state index in [1.807, 2.05) is 6.07 Å². The number of alkyl halides is 3. The molecule has 0 aliphatic rings. The van der Waals surface area contributed by atoms with Crippen molar-refractivity contribution >= 4 is 29.9 Å². The Morgan fingerprint density at radius 3 is 2.64 bits per heavy atom. The summed E-state index contributed by atoms with van der Waals surface area (Å²) in [5, 5.41) is 5.77. The first-order valence-electron chi connectivity index (χ1n) is 8.30. The SMILES string of the molecule is CN=C(NCCCOCc1ccco1)NCc1ccc(F)cc1C(F)(F)F.I. The smallest absolute Gasteiger partial charge is 0.416 e. The van der Waals surface area contributed by atoms with E-state index in [0.717, 1.165) is 17.9 Å². The number of nitrogens with zero attached hydrogens (tertiary/aromatic N) is 1. The summed E-state index contributed by atoms with van der Waals surface area (Å²) in [6, 6.07) is 6.19. The van der Waals surface area contributed by atoms with Crippen LogP contribution < -0.4 is 10.6 Å². The number of nitrogens with one attached hydrogen (secondary N) is 2. The molecule has 0 fully saturated rings. The number of benzene rings is 1. The minimum atomic E-state index is -4.62. The van der Waals surface area contributed by atoms with Crippen molar-refractivity contribution in [2.45, 2.75) is 25.7 Å². The monoisotopic (exact) mass is 515 g/mol. The van der Waals surface area contributed by atoms with Crippen LogP contribution in [0.4, 0.5) is 17.6 Å². The standard InChI is InChI=1S/C18H21F4N3O2.HI/c1-23-17(24-7-3-8-26-12-15-4-2-9-27-15)25-11-13-5-6-14(19)10-16(13)18(20,21)22;/h2,4-6,9-10H,3,7-8,11-12H2,1H3,(H2,23,24,25);1H.